The van der Waals surface area contributed by atoms with Gasteiger partial charge in [-0.3, -0.25) is 0 Å². The molecule has 2 rings (SSSR count). The Hall–Kier alpha value is -0.160. The summed E-state index contributed by atoms with van der Waals surface area (Å²) >= 11 is 9.08. The highest BCUT2D eigenvalue weighted by molar-refractivity contribution is 9.10. The fraction of sp³-hybridized carbons (Fsp3) is 0.571. The zero-order chi connectivity index (χ0) is 14.0. The molecule has 0 radical (unpaired) electrons. The molecule has 1 unspecified atom stereocenters. The maximum atomic E-state index is 14.0. The Kier molecular flexibility index (Phi) is 5.23. The topological polar surface area (TPSA) is 35.2 Å². The van der Waals surface area contributed by atoms with Crippen molar-refractivity contribution < 1.29 is 9.13 Å². The molecule has 0 aliphatic heterocycles. The van der Waals surface area contributed by atoms with E-state index in [2.05, 4.69) is 15.9 Å². The molecule has 19 heavy (non-hydrogen) atoms. The van der Waals surface area contributed by atoms with Gasteiger partial charge in [-0.25, -0.2) is 4.39 Å². The highest BCUT2D eigenvalue weighted by Crippen LogP contribution is 2.38. The second kappa shape index (κ2) is 6.53. The molecule has 5 heteroatoms. The number of benzene rings is 1. The van der Waals surface area contributed by atoms with Gasteiger partial charge in [-0.2, -0.15) is 0 Å². The fourth-order valence-corrected chi connectivity index (χ4v) is 3.03. The van der Waals surface area contributed by atoms with Gasteiger partial charge in [-0.15, -0.1) is 0 Å². The molecule has 0 aromatic heterocycles. The van der Waals surface area contributed by atoms with Gasteiger partial charge in [0.05, 0.1) is 11.1 Å². The Morgan fingerprint density at radius 3 is 2.84 bits per heavy atom. The number of hydrogen-bond donors (Lipinski definition) is 1. The molecule has 1 aliphatic rings. The van der Waals surface area contributed by atoms with Crippen LogP contribution in [0.1, 0.15) is 37.8 Å². The third-order valence-corrected chi connectivity index (χ3v) is 4.91. The van der Waals surface area contributed by atoms with Crippen molar-refractivity contribution in [3.8, 4) is 0 Å². The first-order valence-corrected chi connectivity index (χ1v) is 7.70. The van der Waals surface area contributed by atoms with Crippen LogP contribution in [-0.4, -0.2) is 12.7 Å². The van der Waals surface area contributed by atoms with E-state index >= 15 is 0 Å². The predicted octanol–water partition coefficient (Wildman–Crippen LogP) is 4.45. The zero-order valence-corrected chi connectivity index (χ0v) is 13.2. The van der Waals surface area contributed by atoms with Gasteiger partial charge in [0, 0.05) is 22.7 Å². The Balaban J connectivity index is 1.94. The lowest BCUT2D eigenvalue weighted by Crippen LogP contribution is -2.33. The standard InChI is InChI=1S/C14H18BrClFNO/c1-2-19-9-5-8(6-9)7-12(18)10-3-4-11(15)13(16)14(10)17/h3-4,8-9,12H,2,5-7,18H2,1H3. The van der Waals surface area contributed by atoms with E-state index in [9.17, 15) is 4.39 Å². The molecule has 1 aromatic carbocycles. The molecule has 106 valence electrons. The van der Waals surface area contributed by atoms with Gasteiger partial charge in [0.15, 0.2) is 0 Å². The van der Waals surface area contributed by atoms with Gasteiger partial charge in [0.25, 0.3) is 0 Å². The van der Waals surface area contributed by atoms with Gasteiger partial charge in [0.2, 0.25) is 0 Å². The van der Waals surface area contributed by atoms with Crippen molar-refractivity contribution in [2.75, 3.05) is 6.61 Å². The lowest BCUT2D eigenvalue weighted by Gasteiger charge is -2.36. The van der Waals surface area contributed by atoms with E-state index < -0.39 is 5.82 Å². The van der Waals surface area contributed by atoms with Crippen molar-refractivity contribution in [3.05, 3.63) is 33.0 Å². The first-order valence-electron chi connectivity index (χ1n) is 6.53. The summed E-state index contributed by atoms with van der Waals surface area (Å²) in [5.41, 5.74) is 6.58. The lowest BCUT2D eigenvalue weighted by atomic mass is 9.77. The normalized spacial score (nSPS) is 24.1. The van der Waals surface area contributed by atoms with Crippen molar-refractivity contribution >= 4 is 27.5 Å². The largest absolute Gasteiger partial charge is 0.378 e. The molecule has 0 heterocycles. The SMILES string of the molecule is CCOC1CC(CC(N)c2ccc(Br)c(Cl)c2F)C1. The fourth-order valence-electron chi connectivity index (χ4n) is 2.55. The number of halogens is 3. The molecule has 1 atom stereocenters. The van der Waals surface area contributed by atoms with Crippen LogP contribution in [0, 0.1) is 11.7 Å². The average molecular weight is 351 g/mol. The van der Waals surface area contributed by atoms with Gasteiger partial charge in [-0.1, -0.05) is 17.7 Å². The minimum atomic E-state index is -0.413. The van der Waals surface area contributed by atoms with Crippen molar-refractivity contribution in [2.24, 2.45) is 11.7 Å². The third-order valence-electron chi connectivity index (χ3n) is 3.65. The van der Waals surface area contributed by atoms with Crippen LogP contribution in [0.15, 0.2) is 16.6 Å². The summed E-state index contributed by atoms with van der Waals surface area (Å²) in [4.78, 5) is 0. The highest BCUT2D eigenvalue weighted by Gasteiger charge is 2.31. The molecule has 0 amide bonds. The monoisotopic (exact) mass is 349 g/mol. The minimum absolute atomic E-state index is 0.105. The van der Waals surface area contributed by atoms with E-state index in [1.807, 2.05) is 6.92 Å². The van der Waals surface area contributed by atoms with Gasteiger partial charge in [-0.05, 0) is 54.1 Å². The first-order chi connectivity index (χ1) is 9.02. The quantitative estimate of drug-likeness (QED) is 0.796. The van der Waals surface area contributed by atoms with Crippen molar-refractivity contribution in [3.63, 3.8) is 0 Å². The number of hydrogen-bond acceptors (Lipinski definition) is 2. The highest BCUT2D eigenvalue weighted by atomic mass is 79.9. The molecule has 1 fully saturated rings. The molecule has 0 bridgehead atoms. The van der Waals surface area contributed by atoms with E-state index in [4.69, 9.17) is 22.1 Å². The van der Waals surface area contributed by atoms with Gasteiger partial charge >= 0.3 is 0 Å². The van der Waals surface area contributed by atoms with Gasteiger partial charge < -0.3 is 10.5 Å². The molecule has 1 saturated carbocycles. The Bertz CT molecular complexity index is 451. The number of nitrogens with two attached hydrogens (primary N) is 1. The molecule has 0 spiro atoms. The van der Waals surface area contributed by atoms with Crippen molar-refractivity contribution in [1.29, 1.82) is 0 Å². The second-order valence-electron chi connectivity index (χ2n) is 5.02. The Labute approximate surface area is 126 Å². The molecular formula is C14H18BrClFNO. The summed E-state index contributed by atoms with van der Waals surface area (Å²) in [5.74, 6) is 0.109. The molecule has 0 saturated heterocycles. The molecule has 2 N–H and O–H groups in total. The molecule has 1 aromatic rings. The number of ether oxygens (including phenoxy) is 1. The van der Waals surface area contributed by atoms with Crippen LogP contribution in [0.5, 0.6) is 0 Å². The Morgan fingerprint density at radius 2 is 2.21 bits per heavy atom. The smallest absolute Gasteiger partial charge is 0.147 e. The summed E-state index contributed by atoms with van der Waals surface area (Å²) in [5, 5.41) is 0.105. The maximum Gasteiger partial charge on any atom is 0.147 e. The summed E-state index contributed by atoms with van der Waals surface area (Å²) in [6.07, 6.45) is 3.18. The second-order valence-corrected chi connectivity index (χ2v) is 6.25. The third kappa shape index (κ3) is 3.48. The molecule has 2 nitrogen and oxygen atoms in total. The summed E-state index contributed by atoms with van der Waals surface area (Å²) in [6.45, 7) is 2.75. The average Bonchev–Trinajstić information content (AvgIpc) is 2.33. The Morgan fingerprint density at radius 1 is 1.53 bits per heavy atom. The van der Waals surface area contributed by atoms with E-state index in [0.717, 1.165) is 25.9 Å². The van der Waals surface area contributed by atoms with E-state index in [-0.39, 0.29) is 11.1 Å². The minimum Gasteiger partial charge on any atom is -0.378 e. The van der Waals surface area contributed by atoms with Crippen LogP contribution in [0.2, 0.25) is 5.02 Å². The lowest BCUT2D eigenvalue weighted by molar-refractivity contribution is -0.0282. The summed E-state index contributed by atoms with van der Waals surface area (Å²) in [7, 11) is 0. The van der Waals surface area contributed by atoms with Gasteiger partial charge in [0.1, 0.15) is 5.82 Å². The molecular weight excluding hydrogens is 333 g/mol. The predicted molar refractivity (Wildman–Crippen MR) is 78.8 cm³/mol. The zero-order valence-electron chi connectivity index (χ0n) is 10.8. The molecule has 1 aliphatic carbocycles. The van der Waals surface area contributed by atoms with E-state index in [1.54, 1.807) is 12.1 Å². The van der Waals surface area contributed by atoms with Crippen molar-refractivity contribution in [2.45, 2.75) is 38.3 Å². The number of rotatable bonds is 5. The van der Waals surface area contributed by atoms with Crippen LogP contribution in [0.3, 0.4) is 0 Å². The van der Waals surface area contributed by atoms with Crippen LogP contribution >= 0.6 is 27.5 Å². The van der Waals surface area contributed by atoms with Crippen LogP contribution in [-0.2, 0) is 4.74 Å². The summed E-state index contributed by atoms with van der Waals surface area (Å²) < 4.78 is 20.1. The summed E-state index contributed by atoms with van der Waals surface area (Å²) in [6, 6.07) is 3.14. The van der Waals surface area contributed by atoms with Crippen LogP contribution in [0.25, 0.3) is 0 Å². The van der Waals surface area contributed by atoms with E-state index in [0.29, 0.717) is 22.1 Å². The van der Waals surface area contributed by atoms with Crippen LogP contribution < -0.4 is 5.73 Å². The van der Waals surface area contributed by atoms with Crippen LogP contribution in [0.4, 0.5) is 4.39 Å². The first kappa shape index (κ1) is 15.2. The van der Waals surface area contributed by atoms with E-state index in [1.165, 1.54) is 0 Å². The van der Waals surface area contributed by atoms with Crippen molar-refractivity contribution in [1.82, 2.24) is 0 Å². The maximum absolute atomic E-state index is 14.0.